The zero-order chi connectivity index (χ0) is 17.4. The number of hydrogen-bond donors (Lipinski definition) is 2. The van der Waals surface area contributed by atoms with E-state index in [9.17, 15) is 9.59 Å². The van der Waals surface area contributed by atoms with E-state index in [0.717, 1.165) is 38.8 Å². The fourth-order valence-electron chi connectivity index (χ4n) is 3.32. The maximum atomic E-state index is 12.1. The average molecular weight is 332 g/mol. The number of carboxylic acid groups (broad SMARTS) is 1. The minimum Gasteiger partial charge on any atom is -0.481 e. The first-order chi connectivity index (χ1) is 11.5. The number of rotatable bonds is 7. The Hall–Kier alpha value is -1.88. The molecule has 24 heavy (non-hydrogen) atoms. The van der Waals surface area contributed by atoms with E-state index >= 15 is 0 Å². The van der Waals surface area contributed by atoms with Gasteiger partial charge in [0.2, 0.25) is 5.91 Å². The van der Waals surface area contributed by atoms with E-state index in [4.69, 9.17) is 5.11 Å². The van der Waals surface area contributed by atoms with Crippen LogP contribution in [0.15, 0.2) is 24.3 Å². The molecule has 1 atom stereocenters. The van der Waals surface area contributed by atoms with Crippen molar-refractivity contribution in [2.45, 2.75) is 39.0 Å². The van der Waals surface area contributed by atoms with E-state index < -0.39 is 5.97 Å². The average Bonchev–Trinajstić information content (AvgIpc) is 2.74. The Morgan fingerprint density at radius 3 is 2.79 bits per heavy atom. The SMILES string of the molecule is Cc1ccccc1CCNC(=O)CN1CCC[C@H](CC(=O)O)CC1. The fraction of sp³-hybridized carbons (Fsp3) is 0.579. The van der Waals surface area contributed by atoms with Gasteiger partial charge >= 0.3 is 5.97 Å². The second-order valence-corrected chi connectivity index (χ2v) is 6.70. The van der Waals surface area contributed by atoms with Crippen LogP contribution in [0.2, 0.25) is 0 Å². The van der Waals surface area contributed by atoms with E-state index in [0.29, 0.717) is 13.1 Å². The van der Waals surface area contributed by atoms with Gasteiger partial charge in [-0.1, -0.05) is 24.3 Å². The lowest BCUT2D eigenvalue weighted by Crippen LogP contribution is -2.38. The Bertz CT molecular complexity index is 559. The Morgan fingerprint density at radius 1 is 1.25 bits per heavy atom. The number of carboxylic acids is 1. The van der Waals surface area contributed by atoms with Gasteiger partial charge in [-0.2, -0.15) is 0 Å². The molecule has 0 unspecified atom stereocenters. The lowest BCUT2D eigenvalue weighted by atomic mass is 9.97. The van der Waals surface area contributed by atoms with Gasteiger partial charge in [0.05, 0.1) is 6.54 Å². The normalized spacial score (nSPS) is 18.8. The van der Waals surface area contributed by atoms with Crippen molar-refractivity contribution >= 4 is 11.9 Å². The van der Waals surface area contributed by atoms with Crippen LogP contribution in [-0.4, -0.2) is 48.1 Å². The number of carbonyl (C=O) groups excluding carboxylic acids is 1. The summed E-state index contributed by atoms with van der Waals surface area (Å²) in [5.41, 5.74) is 2.52. The molecule has 132 valence electrons. The van der Waals surface area contributed by atoms with Gasteiger partial charge in [-0.15, -0.1) is 0 Å². The number of nitrogens with one attached hydrogen (secondary N) is 1. The molecule has 1 saturated heterocycles. The van der Waals surface area contributed by atoms with E-state index in [1.54, 1.807) is 0 Å². The number of hydrogen-bond acceptors (Lipinski definition) is 3. The van der Waals surface area contributed by atoms with Crippen molar-refractivity contribution in [2.24, 2.45) is 5.92 Å². The standard InChI is InChI=1S/C19H28N2O3/c1-15-5-2-3-7-17(15)8-10-20-18(22)14-21-11-4-6-16(9-12-21)13-19(23)24/h2-3,5,7,16H,4,6,8-14H2,1H3,(H,20,22)(H,23,24)/t16-/m0/s1. The van der Waals surface area contributed by atoms with Gasteiger partial charge in [0.15, 0.2) is 0 Å². The van der Waals surface area contributed by atoms with Gasteiger partial charge < -0.3 is 10.4 Å². The molecule has 1 aliphatic heterocycles. The number of aliphatic carboxylic acids is 1. The summed E-state index contributed by atoms with van der Waals surface area (Å²) in [4.78, 5) is 25.1. The summed E-state index contributed by atoms with van der Waals surface area (Å²) < 4.78 is 0. The summed E-state index contributed by atoms with van der Waals surface area (Å²) in [7, 11) is 0. The fourth-order valence-corrected chi connectivity index (χ4v) is 3.32. The molecular formula is C19H28N2O3. The summed E-state index contributed by atoms with van der Waals surface area (Å²) in [6, 6.07) is 8.23. The Kier molecular flexibility index (Phi) is 7.25. The predicted octanol–water partition coefficient (Wildman–Crippen LogP) is 2.23. The molecule has 0 radical (unpaired) electrons. The molecule has 1 aromatic carbocycles. The number of amides is 1. The molecule has 5 nitrogen and oxygen atoms in total. The van der Waals surface area contributed by atoms with E-state index in [2.05, 4.69) is 29.3 Å². The summed E-state index contributed by atoms with van der Waals surface area (Å²) in [6.45, 7) is 4.83. The molecule has 0 aromatic heterocycles. The Balaban J connectivity index is 1.68. The highest BCUT2D eigenvalue weighted by molar-refractivity contribution is 5.78. The molecule has 0 bridgehead atoms. The molecule has 2 rings (SSSR count). The molecule has 0 spiro atoms. The third kappa shape index (κ3) is 6.32. The first-order valence-corrected chi connectivity index (χ1v) is 8.80. The Morgan fingerprint density at radius 2 is 2.04 bits per heavy atom. The number of aryl methyl sites for hydroxylation is 1. The van der Waals surface area contributed by atoms with Crippen LogP contribution in [0.25, 0.3) is 0 Å². The first kappa shape index (κ1) is 18.5. The largest absolute Gasteiger partial charge is 0.481 e. The predicted molar refractivity (Wildman–Crippen MR) is 93.9 cm³/mol. The molecule has 0 aliphatic carbocycles. The van der Waals surface area contributed by atoms with E-state index in [1.165, 1.54) is 11.1 Å². The van der Waals surface area contributed by atoms with Crippen molar-refractivity contribution in [3.63, 3.8) is 0 Å². The molecule has 0 saturated carbocycles. The molecule has 2 N–H and O–H groups in total. The highest BCUT2D eigenvalue weighted by Gasteiger charge is 2.20. The third-order valence-electron chi connectivity index (χ3n) is 4.75. The smallest absolute Gasteiger partial charge is 0.303 e. The molecular weight excluding hydrogens is 304 g/mol. The summed E-state index contributed by atoms with van der Waals surface area (Å²) in [6.07, 6.45) is 3.87. The van der Waals surface area contributed by atoms with E-state index in [-0.39, 0.29) is 18.2 Å². The summed E-state index contributed by atoms with van der Waals surface area (Å²) in [5.74, 6) is -0.417. The Labute approximate surface area is 144 Å². The zero-order valence-electron chi connectivity index (χ0n) is 14.5. The van der Waals surface area contributed by atoms with Crippen LogP contribution < -0.4 is 5.32 Å². The van der Waals surface area contributed by atoms with Crippen LogP contribution in [0.3, 0.4) is 0 Å². The van der Waals surface area contributed by atoms with Gasteiger partial charge in [-0.3, -0.25) is 14.5 Å². The molecule has 1 aromatic rings. The topological polar surface area (TPSA) is 69.6 Å². The van der Waals surface area contributed by atoms with Crippen molar-refractivity contribution < 1.29 is 14.7 Å². The van der Waals surface area contributed by atoms with E-state index in [1.807, 2.05) is 12.1 Å². The number of likely N-dealkylation sites (tertiary alicyclic amines) is 1. The maximum Gasteiger partial charge on any atom is 0.303 e. The lowest BCUT2D eigenvalue weighted by molar-refractivity contribution is -0.138. The van der Waals surface area contributed by atoms with Crippen molar-refractivity contribution in [2.75, 3.05) is 26.2 Å². The van der Waals surface area contributed by atoms with Crippen LogP contribution in [0.4, 0.5) is 0 Å². The van der Waals surface area contributed by atoms with Crippen LogP contribution >= 0.6 is 0 Å². The summed E-state index contributed by atoms with van der Waals surface area (Å²) >= 11 is 0. The highest BCUT2D eigenvalue weighted by atomic mass is 16.4. The van der Waals surface area contributed by atoms with Gasteiger partial charge in [0.25, 0.3) is 0 Å². The van der Waals surface area contributed by atoms with Crippen molar-refractivity contribution in [3.8, 4) is 0 Å². The second kappa shape index (κ2) is 9.42. The van der Waals surface area contributed by atoms with Crippen LogP contribution in [0.5, 0.6) is 0 Å². The van der Waals surface area contributed by atoms with Crippen LogP contribution in [-0.2, 0) is 16.0 Å². The first-order valence-electron chi connectivity index (χ1n) is 8.80. The molecule has 5 heteroatoms. The van der Waals surface area contributed by atoms with Crippen molar-refractivity contribution in [1.29, 1.82) is 0 Å². The molecule has 1 heterocycles. The van der Waals surface area contributed by atoms with Gasteiger partial charge in [-0.05, 0) is 62.7 Å². The minimum absolute atomic E-state index is 0.0558. The maximum absolute atomic E-state index is 12.1. The van der Waals surface area contributed by atoms with Gasteiger partial charge in [0, 0.05) is 13.0 Å². The van der Waals surface area contributed by atoms with Crippen molar-refractivity contribution in [3.05, 3.63) is 35.4 Å². The lowest BCUT2D eigenvalue weighted by Gasteiger charge is -2.19. The second-order valence-electron chi connectivity index (χ2n) is 6.70. The number of nitrogens with zero attached hydrogens (tertiary/aromatic N) is 1. The van der Waals surface area contributed by atoms with Crippen LogP contribution in [0, 0.1) is 12.8 Å². The molecule has 1 fully saturated rings. The zero-order valence-corrected chi connectivity index (χ0v) is 14.5. The van der Waals surface area contributed by atoms with Gasteiger partial charge in [0.1, 0.15) is 0 Å². The van der Waals surface area contributed by atoms with Gasteiger partial charge in [-0.25, -0.2) is 0 Å². The summed E-state index contributed by atoms with van der Waals surface area (Å²) in [5, 5.41) is 11.9. The molecule has 1 aliphatic rings. The third-order valence-corrected chi connectivity index (χ3v) is 4.75. The highest BCUT2D eigenvalue weighted by Crippen LogP contribution is 2.20. The van der Waals surface area contributed by atoms with Crippen molar-refractivity contribution in [1.82, 2.24) is 10.2 Å². The number of benzene rings is 1. The monoisotopic (exact) mass is 332 g/mol. The number of carbonyl (C=O) groups is 2. The molecule has 1 amide bonds. The quantitative estimate of drug-likeness (QED) is 0.803. The minimum atomic E-state index is -0.720. The van der Waals surface area contributed by atoms with Crippen LogP contribution in [0.1, 0.15) is 36.8 Å².